The summed E-state index contributed by atoms with van der Waals surface area (Å²) in [6.07, 6.45) is 0.796. The second kappa shape index (κ2) is 5.98. The van der Waals surface area contributed by atoms with Gasteiger partial charge in [0.05, 0.1) is 0 Å². The molecule has 2 nitrogen and oxygen atoms in total. The zero-order valence-corrected chi connectivity index (χ0v) is 10.0. The number of likely N-dealkylation sites (N-methyl/N-ethyl adjacent to an activating group) is 1. The predicted octanol–water partition coefficient (Wildman–Crippen LogP) is 2.21. The third-order valence-electron chi connectivity index (χ3n) is 1.86. The van der Waals surface area contributed by atoms with Crippen molar-refractivity contribution in [3.8, 4) is 5.75 Å². The van der Waals surface area contributed by atoms with Gasteiger partial charge >= 0.3 is 0 Å². The van der Waals surface area contributed by atoms with Crippen molar-refractivity contribution >= 4 is 17.0 Å². The minimum atomic E-state index is -0.545. The molecule has 1 aromatic carbocycles. The van der Waals surface area contributed by atoms with Gasteiger partial charge in [0.25, 0.3) is 0 Å². The molecule has 0 amide bonds. The van der Waals surface area contributed by atoms with Gasteiger partial charge in [-0.3, -0.25) is 0 Å². The number of aromatic hydroxyl groups is 1. The minimum Gasteiger partial charge on any atom is -0.505 e. The third kappa shape index (κ3) is 4.07. The number of phenolic OH excluding ortho intramolecular Hbond substituents is 1. The molecule has 80 valence electrons. The van der Waals surface area contributed by atoms with E-state index in [-0.39, 0.29) is 22.7 Å². The smallest absolute Gasteiger partial charge is 0.165 e. The minimum absolute atomic E-state index is 0. The van der Waals surface area contributed by atoms with Crippen molar-refractivity contribution in [2.45, 2.75) is 6.42 Å². The Hall–Kier alpha value is -0.610. The van der Waals surface area contributed by atoms with E-state index in [4.69, 9.17) is 5.11 Å². The maximum atomic E-state index is 12.8. The van der Waals surface area contributed by atoms with Crippen LogP contribution >= 0.6 is 17.0 Å². The monoisotopic (exact) mass is 263 g/mol. The molecule has 0 unspecified atom stereocenters. The Bertz CT molecular complexity index is 291. The van der Waals surface area contributed by atoms with Gasteiger partial charge in [-0.2, -0.15) is 0 Å². The topological polar surface area (TPSA) is 23.5 Å². The molecule has 4 heteroatoms. The van der Waals surface area contributed by atoms with Crippen molar-refractivity contribution in [1.29, 1.82) is 0 Å². The lowest BCUT2D eigenvalue weighted by Gasteiger charge is -2.09. The van der Waals surface area contributed by atoms with Gasteiger partial charge in [-0.1, -0.05) is 6.07 Å². The van der Waals surface area contributed by atoms with Gasteiger partial charge < -0.3 is 10.0 Å². The summed E-state index contributed by atoms with van der Waals surface area (Å²) in [5, 5.41) is 8.94. The second-order valence-corrected chi connectivity index (χ2v) is 3.34. The highest BCUT2D eigenvalue weighted by Gasteiger charge is 2.01. The van der Waals surface area contributed by atoms with Gasteiger partial charge in [0, 0.05) is 6.54 Å². The number of hydrogen-bond donors (Lipinski definition) is 1. The largest absolute Gasteiger partial charge is 0.505 e. The number of phenols is 1. The van der Waals surface area contributed by atoms with E-state index in [1.165, 1.54) is 12.1 Å². The van der Waals surface area contributed by atoms with Gasteiger partial charge in [-0.15, -0.1) is 17.0 Å². The molecule has 1 aromatic rings. The Kier molecular flexibility index (Phi) is 5.72. The highest BCUT2D eigenvalue weighted by Crippen LogP contribution is 2.16. The van der Waals surface area contributed by atoms with Crippen LogP contribution in [-0.2, 0) is 6.42 Å². The van der Waals surface area contributed by atoms with Crippen molar-refractivity contribution in [3.63, 3.8) is 0 Å². The van der Waals surface area contributed by atoms with Crippen LogP contribution in [0.2, 0.25) is 0 Å². The molecular formula is C10H15BrFNO. The number of halogens is 2. The van der Waals surface area contributed by atoms with Gasteiger partial charge in [-0.05, 0) is 38.2 Å². The number of hydrogen-bond acceptors (Lipinski definition) is 2. The first-order valence-corrected chi connectivity index (χ1v) is 4.21. The van der Waals surface area contributed by atoms with Crippen LogP contribution in [-0.4, -0.2) is 30.6 Å². The van der Waals surface area contributed by atoms with E-state index < -0.39 is 5.82 Å². The molecule has 0 aromatic heterocycles. The fraction of sp³-hybridized carbons (Fsp3) is 0.400. The summed E-state index contributed by atoms with van der Waals surface area (Å²) in [4.78, 5) is 2.03. The first kappa shape index (κ1) is 13.4. The normalized spacial score (nSPS) is 10.0. The zero-order valence-electron chi connectivity index (χ0n) is 8.33. The Labute approximate surface area is 94.1 Å². The molecule has 0 spiro atoms. The van der Waals surface area contributed by atoms with Crippen molar-refractivity contribution in [2.24, 2.45) is 0 Å². The molecule has 14 heavy (non-hydrogen) atoms. The number of nitrogens with zero attached hydrogens (tertiary/aromatic N) is 1. The molecule has 0 fully saturated rings. The summed E-state index contributed by atoms with van der Waals surface area (Å²) in [6, 6.07) is 4.50. The van der Waals surface area contributed by atoms with E-state index in [1.54, 1.807) is 6.07 Å². The lowest BCUT2D eigenvalue weighted by Crippen LogP contribution is -2.15. The molecule has 0 aliphatic heterocycles. The van der Waals surface area contributed by atoms with E-state index in [1.807, 2.05) is 19.0 Å². The zero-order chi connectivity index (χ0) is 9.84. The summed E-state index contributed by atoms with van der Waals surface area (Å²) >= 11 is 0. The number of rotatable bonds is 3. The van der Waals surface area contributed by atoms with E-state index in [0.29, 0.717) is 0 Å². The van der Waals surface area contributed by atoms with Crippen molar-refractivity contribution in [2.75, 3.05) is 20.6 Å². The quantitative estimate of drug-likeness (QED) is 0.904. The van der Waals surface area contributed by atoms with E-state index in [9.17, 15) is 4.39 Å². The summed E-state index contributed by atoms with van der Waals surface area (Å²) in [5.41, 5.74) is 0.906. The van der Waals surface area contributed by atoms with Crippen LogP contribution in [0.1, 0.15) is 5.56 Å². The lowest BCUT2D eigenvalue weighted by molar-refractivity contribution is 0.411. The molecule has 0 aliphatic rings. The molecule has 0 aliphatic carbocycles. The average molecular weight is 264 g/mol. The van der Waals surface area contributed by atoms with Gasteiger partial charge in [-0.25, -0.2) is 4.39 Å². The molecule has 0 saturated heterocycles. The SMILES string of the molecule is Br.CN(C)CCc1ccc(O)c(F)c1. The maximum absolute atomic E-state index is 12.8. The number of benzene rings is 1. The molecule has 1 rings (SSSR count). The first-order valence-electron chi connectivity index (χ1n) is 4.21. The fourth-order valence-electron chi connectivity index (χ4n) is 1.06. The van der Waals surface area contributed by atoms with Crippen LogP contribution in [0, 0.1) is 5.82 Å². The molecule has 0 saturated carbocycles. The highest BCUT2D eigenvalue weighted by molar-refractivity contribution is 8.93. The Morgan fingerprint density at radius 1 is 1.36 bits per heavy atom. The Morgan fingerprint density at radius 3 is 2.50 bits per heavy atom. The van der Waals surface area contributed by atoms with Crippen LogP contribution in [0.15, 0.2) is 18.2 Å². The summed E-state index contributed by atoms with van der Waals surface area (Å²) in [5.74, 6) is -0.829. The van der Waals surface area contributed by atoms with Crippen LogP contribution in [0.25, 0.3) is 0 Å². The first-order chi connectivity index (χ1) is 6.09. The van der Waals surface area contributed by atoms with Gasteiger partial charge in [0.15, 0.2) is 11.6 Å². The Morgan fingerprint density at radius 2 is 2.00 bits per heavy atom. The summed E-state index contributed by atoms with van der Waals surface area (Å²) in [6.45, 7) is 0.879. The van der Waals surface area contributed by atoms with E-state index in [0.717, 1.165) is 18.5 Å². The third-order valence-corrected chi connectivity index (χ3v) is 1.86. The molecule has 1 N–H and O–H groups in total. The predicted molar refractivity (Wildman–Crippen MR) is 60.6 cm³/mol. The van der Waals surface area contributed by atoms with E-state index >= 15 is 0 Å². The van der Waals surface area contributed by atoms with Crippen molar-refractivity contribution in [3.05, 3.63) is 29.6 Å². The molecule has 0 radical (unpaired) electrons. The molecular weight excluding hydrogens is 249 g/mol. The summed E-state index contributed by atoms with van der Waals surface area (Å²) < 4.78 is 12.8. The van der Waals surface area contributed by atoms with Gasteiger partial charge in [0.2, 0.25) is 0 Å². The van der Waals surface area contributed by atoms with Crippen LogP contribution in [0.3, 0.4) is 0 Å². The summed E-state index contributed by atoms with van der Waals surface area (Å²) in [7, 11) is 3.94. The second-order valence-electron chi connectivity index (χ2n) is 3.34. The van der Waals surface area contributed by atoms with E-state index in [2.05, 4.69) is 0 Å². The standard InChI is InChI=1S/C10H14FNO.BrH/c1-12(2)6-5-8-3-4-10(13)9(11)7-8;/h3-4,7,13H,5-6H2,1-2H3;1H. The molecule has 0 bridgehead atoms. The lowest BCUT2D eigenvalue weighted by atomic mass is 10.1. The van der Waals surface area contributed by atoms with Crippen LogP contribution < -0.4 is 0 Å². The average Bonchev–Trinajstić information content (AvgIpc) is 2.07. The van der Waals surface area contributed by atoms with Crippen molar-refractivity contribution in [1.82, 2.24) is 4.90 Å². The van der Waals surface area contributed by atoms with Gasteiger partial charge in [0.1, 0.15) is 0 Å². The van der Waals surface area contributed by atoms with Crippen LogP contribution in [0.5, 0.6) is 5.75 Å². The highest BCUT2D eigenvalue weighted by atomic mass is 79.9. The molecule has 0 heterocycles. The van der Waals surface area contributed by atoms with Crippen molar-refractivity contribution < 1.29 is 9.50 Å². The maximum Gasteiger partial charge on any atom is 0.165 e. The molecule has 0 atom stereocenters. The fourth-order valence-corrected chi connectivity index (χ4v) is 1.06. The Balaban J connectivity index is 0.00000169. The van der Waals surface area contributed by atoms with Crippen LogP contribution in [0.4, 0.5) is 4.39 Å².